The second kappa shape index (κ2) is 5.35. The van der Waals surface area contributed by atoms with E-state index >= 15 is 0 Å². The van der Waals surface area contributed by atoms with Crippen LogP contribution in [0.2, 0.25) is 0 Å². The first kappa shape index (κ1) is 12.2. The summed E-state index contributed by atoms with van der Waals surface area (Å²) in [5.74, 6) is 1.16. The van der Waals surface area contributed by atoms with Crippen LogP contribution in [0.1, 0.15) is 10.4 Å². The van der Waals surface area contributed by atoms with Crippen LogP contribution < -0.4 is 14.0 Å². The van der Waals surface area contributed by atoms with Gasteiger partial charge in [-0.2, -0.15) is 0 Å². The first-order valence-electron chi connectivity index (χ1n) is 5.51. The molecule has 1 heterocycles. The highest BCUT2D eigenvalue weighted by molar-refractivity contribution is 5.98. The Balaban J connectivity index is 2.27. The number of carbonyl (C=O) groups is 1. The zero-order valence-corrected chi connectivity index (χ0v) is 10.3. The second-order valence-electron chi connectivity index (χ2n) is 3.77. The molecule has 0 radical (unpaired) electrons. The molecule has 0 spiro atoms. The average Bonchev–Trinajstić information content (AvgIpc) is 2.90. The highest BCUT2D eigenvalue weighted by Crippen LogP contribution is 2.24. The van der Waals surface area contributed by atoms with E-state index in [0.29, 0.717) is 17.1 Å². The van der Waals surface area contributed by atoms with E-state index in [9.17, 15) is 4.79 Å². The van der Waals surface area contributed by atoms with Crippen molar-refractivity contribution >= 4 is 5.78 Å². The molecule has 2 rings (SSSR count). The summed E-state index contributed by atoms with van der Waals surface area (Å²) in [5, 5.41) is 0. The lowest BCUT2D eigenvalue weighted by Crippen LogP contribution is -2.35. The van der Waals surface area contributed by atoms with E-state index in [0.717, 1.165) is 0 Å². The van der Waals surface area contributed by atoms with Crippen LogP contribution in [-0.2, 0) is 6.54 Å². The van der Waals surface area contributed by atoms with E-state index in [1.807, 2.05) is 0 Å². The molecule has 0 fully saturated rings. The van der Waals surface area contributed by atoms with Gasteiger partial charge in [-0.3, -0.25) is 9.78 Å². The van der Waals surface area contributed by atoms with Crippen molar-refractivity contribution in [3.63, 3.8) is 0 Å². The smallest absolute Gasteiger partial charge is 0.241 e. The number of hydrogen-bond acceptors (Lipinski definition) is 3. The van der Waals surface area contributed by atoms with Gasteiger partial charge in [0.25, 0.3) is 0 Å². The third-order valence-corrected chi connectivity index (χ3v) is 2.64. The molecule has 5 nitrogen and oxygen atoms in total. The summed E-state index contributed by atoms with van der Waals surface area (Å²) < 4.78 is 12.1. The molecule has 0 aliphatic carbocycles. The van der Waals surface area contributed by atoms with Gasteiger partial charge < -0.3 is 9.47 Å². The number of rotatable bonds is 5. The quantitative estimate of drug-likeness (QED) is 0.638. The minimum absolute atomic E-state index is 0.0321. The Labute approximate surface area is 105 Å². The molecule has 0 aliphatic rings. The molecule has 1 aromatic heterocycles. The zero-order valence-electron chi connectivity index (χ0n) is 10.3. The fraction of sp³-hybridized carbons (Fsp3) is 0.231. The number of H-pyrrole nitrogens is 1. The molecule has 1 N–H and O–H groups in total. The van der Waals surface area contributed by atoms with Crippen LogP contribution in [-0.4, -0.2) is 25.0 Å². The Kier molecular flexibility index (Phi) is 3.62. The summed E-state index contributed by atoms with van der Waals surface area (Å²) >= 11 is 0. The normalized spacial score (nSPS) is 10.1. The molecule has 0 saturated carbocycles. The highest BCUT2D eigenvalue weighted by Gasteiger charge is 2.16. The molecule has 18 heavy (non-hydrogen) atoms. The number of methoxy groups -OCH3 is 2. The van der Waals surface area contributed by atoms with E-state index in [4.69, 9.17) is 9.47 Å². The molecule has 0 bridgehead atoms. The lowest BCUT2D eigenvalue weighted by atomic mass is 10.1. The number of imidazole rings is 1. The van der Waals surface area contributed by atoms with Crippen LogP contribution in [0.5, 0.6) is 11.5 Å². The summed E-state index contributed by atoms with van der Waals surface area (Å²) in [6, 6.07) is 5.18. The lowest BCUT2D eigenvalue weighted by Gasteiger charge is -2.08. The maximum Gasteiger partial charge on any atom is 0.241 e. The van der Waals surface area contributed by atoms with Crippen molar-refractivity contribution in [3.8, 4) is 11.5 Å². The standard InChI is InChI=1S/C13H14N2O3/c1-17-10-3-4-13(18-2)11(7-10)12(16)8-15-6-5-14-9-15/h3-7,9H,8H2,1-2H3/p+1. The number of aromatic amines is 1. The van der Waals surface area contributed by atoms with E-state index in [-0.39, 0.29) is 12.3 Å². The van der Waals surface area contributed by atoms with E-state index in [1.54, 1.807) is 55.7 Å². The second-order valence-corrected chi connectivity index (χ2v) is 3.77. The van der Waals surface area contributed by atoms with Gasteiger partial charge in [0, 0.05) is 0 Å². The van der Waals surface area contributed by atoms with Crippen LogP contribution in [0, 0.1) is 0 Å². The lowest BCUT2D eigenvalue weighted by molar-refractivity contribution is -0.681. The fourth-order valence-electron chi connectivity index (χ4n) is 1.70. The van der Waals surface area contributed by atoms with Gasteiger partial charge in [-0.1, -0.05) is 0 Å². The molecule has 5 heteroatoms. The van der Waals surface area contributed by atoms with Gasteiger partial charge in [0.15, 0.2) is 6.54 Å². The maximum absolute atomic E-state index is 12.2. The summed E-state index contributed by atoms with van der Waals surface area (Å²) in [7, 11) is 3.11. The third kappa shape index (κ3) is 2.51. The number of nitrogens with zero attached hydrogens (tertiary/aromatic N) is 1. The van der Waals surface area contributed by atoms with Crippen molar-refractivity contribution in [1.82, 2.24) is 4.98 Å². The predicted octanol–water partition coefficient (Wildman–Crippen LogP) is 1.20. The Morgan fingerprint density at radius 3 is 2.78 bits per heavy atom. The van der Waals surface area contributed by atoms with Gasteiger partial charge in [-0.25, -0.2) is 4.57 Å². The molecule has 1 aromatic carbocycles. The van der Waals surface area contributed by atoms with Gasteiger partial charge in [-0.05, 0) is 18.2 Å². The van der Waals surface area contributed by atoms with Crippen molar-refractivity contribution in [3.05, 3.63) is 42.5 Å². The maximum atomic E-state index is 12.2. The van der Waals surface area contributed by atoms with Crippen LogP contribution >= 0.6 is 0 Å². The van der Waals surface area contributed by atoms with Crippen LogP contribution in [0.4, 0.5) is 0 Å². The molecular formula is C13H15N2O3+. The summed E-state index contributed by atoms with van der Waals surface area (Å²) in [4.78, 5) is 15.1. The predicted molar refractivity (Wildman–Crippen MR) is 64.9 cm³/mol. The van der Waals surface area contributed by atoms with E-state index < -0.39 is 0 Å². The molecule has 94 valence electrons. The number of ether oxygens (including phenoxy) is 2. The molecule has 2 aromatic rings. The zero-order chi connectivity index (χ0) is 13.0. The van der Waals surface area contributed by atoms with Gasteiger partial charge >= 0.3 is 0 Å². The van der Waals surface area contributed by atoms with Crippen LogP contribution in [0.25, 0.3) is 0 Å². The van der Waals surface area contributed by atoms with Crippen molar-refractivity contribution in [2.45, 2.75) is 6.54 Å². The van der Waals surface area contributed by atoms with Gasteiger partial charge in [0.05, 0.1) is 19.8 Å². The van der Waals surface area contributed by atoms with Crippen molar-refractivity contribution in [2.75, 3.05) is 14.2 Å². The van der Waals surface area contributed by atoms with Crippen LogP contribution in [0.3, 0.4) is 0 Å². The molecule has 0 aliphatic heterocycles. The Bertz CT molecular complexity index is 535. The topological polar surface area (TPSA) is 55.2 Å². The third-order valence-electron chi connectivity index (χ3n) is 2.64. The number of nitrogens with one attached hydrogen (secondary N) is 1. The minimum atomic E-state index is -0.0321. The van der Waals surface area contributed by atoms with E-state index in [2.05, 4.69) is 4.98 Å². The molecule has 0 atom stereocenters. The first-order valence-corrected chi connectivity index (χ1v) is 5.51. The number of Topliss-reactive ketones (excluding diaryl/α,β-unsaturated/α-hetero) is 1. The van der Waals surface area contributed by atoms with Gasteiger partial charge in [0.2, 0.25) is 12.1 Å². The monoisotopic (exact) mass is 247 g/mol. The molecule has 0 amide bonds. The molecule has 0 saturated heterocycles. The summed E-state index contributed by atoms with van der Waals surface area (Å²) in [6.07, 6.45) is 5.28. The fourth-order valence-corrected chi connectivity index (χ4v) is 1.70. The molecular weight excluding hydrogens is 232 g/mol. The van der Waals surface area contributed by atoms with Crippen molar-refractivity contribution in [2.24, 2.45) is 0 Å². The number of carbonyl (C=O) groups excluding carboxylic acids is 1. The van der Waals surface area contributed by atoms with Crippen molar-refractivity contribution < 1.29 is 18.8 Å². The van der Waals surface area contributed by atoms with Gasteiger partial charge in [-0.15, -0.1) is 0 Å². The highest BCUT2D eigenvalue weighted by atomic mass is 16.5. The number of aromatic nitrogens is 2. The largest absolute Gasteiger partial charge is 0.497 e. The first-order chi connectivity index (χ1) is 8.74. The molecule has 0 unspecified atom stereocenters. The number of ketones is 1. The Morgan fingerprint density at radius 1 is 1.33 bits per heavy atom. The Morgan fingerprint density at radius 2 is 2.17 bits per heavy atom. The van der Waals surface area contributed by atoms with Crippen LogP contribution in [0.15, 0.2) is 36.9 Å². The summed E-state index contributed by atoms with van der Waals surface area (Å²) in [6.45, 7) is 0.257. The van der Waals surface area contributed by atoms with Gasteiger partial charge in [0.1, 0.15) is 23.9 Å². The van der Waals surface area contributed by atoms with E-state index in [1.165, 1.54) is 0 Å². The number of hydrogen-bond donors (Lipinski definition) is 1. The minimum Gasteiger partial charge on any atom is -0.497 e. The SMILES string of the molecule is COc1ccc(OC)c(C(=O)C[n+]2cc[nH]c2)c1. The number of benzene rings is 1. The average molecular weight is 247 g/mol. The summed E-state index contributed by atoms with van der Waals surface area (Å²) in [5.41, 5.74) is 0.519. The van der Waals surface area contributed by atoms with Crippen molar-refractivity contribution in [1.29, 1.82) is 0 Å². The Hall–Kier alpha value is -2.30.